The van der Waals surface area contributed by atoms with Crippen LogP contribution >= 0.6 is 11.6 Å². The predicted octanol–water partition coefficient (Wildman–Crippen LogP) is 3.79. The van der Waals surface area contributed by atoms with Crippen LogP contribution in [0, 0.1) is 5.92 Å². The number of pyridine rings is 1. The van der Waals surface area contributed by atoms with Crippen LogP contribution in [0.3, 0.4) is 0 Å². The maximum absolute atomic E-state index is 12.5. The van der Waals surface area contributed by atoms with Crippen LogP contribution in [0.15, 0.2) is 12.1 Å². The summed E-state index contributed by atoms with van der Waals surface area (Å²) in [5, 5.41) is 0.374. The molecule has 0 aromatic carbocycles. The summed E-state index contributed by atoms with van der Waals surface area (Å²) in [6, 6.07) is 3.35. The van der Waals surface area contributed by atoms with Gasteiger partial charge >= 0.3 is 0 Å². The molecule has 0 N–H and O–H groups in total. The highest BCUT2D eigenvalue weighted by atomic mass is 35.5. The Hall–Kier alpha value is -1.29. The second-order valence-corrected chi connectivity index (χ2v) is 6.01. The van der Waals surface area contributed by atoms with E-state index in [0.717, 1.165) is 6.54 Å². The lowest BCUT2D eigenvalue weighted by Gasteiger charge is -2.27. The van der Waals surface area contributed by atoms with Crippen molar-refractivity contribution in [3.8, 4) is 5.88 Å². The van der Waals surface area contributed by atoms with Gasteiger partial charge in [-0.1, -0.05) is 30.9 Å². The third-order valence-corrected chi connectivity index (χ3v) is 4.22. The molecule has 1 aromatic rings. The smallest absolute Gasteiger partial charge is 0.273 e. The van der Waals surface area contributed by atoms with E-state index in [1.165, 1.54) is 32.1 Å². The van der Waals surface area contributed by atoms with Crippen LogP contribution in [-0.2, 0) is 0 Å². The number of ether oxygens (including phenoxy) is 1. The number of hydrogen-bond acceptors (Lipinski definition) is 3. The lowest BCUT2D eigenvalue weighted by Crippen LogP contribution is -2.33. The molecule has 0 spiro atoms. The van der Waals surface area contributed by atoms with Gasteiger partial charge in [0, 0.05) is 19.7 Å². The van der Waals surface area contributed by atoms with Gasteiger partial charge < -0.3 is 9.64 Å². The molecule has 1 saturated carbocycles. The van der Waals surface area contributed by atoms with Crippen molar-refractivity contribution in [1.29, 1.82) is 0 Å². The van der Waals surface area contributed by atoms with E-state index in [4.69, 9.17) is 16.3 Å². The number of halogens is 1. The molecule has 1 fully saturated rings. The van der Waals surface area contributed by atoms with E-state index < -0.39 is 0 Å². The summed E-state index contributed by atoms with van der Waals surface area (Å²) in [6.45, 7) is 3.17. The Morgan fingerprint density at radius 2 is 2.10 bits per heavy atom. The zero-order chi connectivity index (χ0) is 15.2. The Labute approximate surface area is 131 Å². The molecule has 0 saturated heterocycles. The molecular formula is C16H23ClN2O2. The minimum atomic E-state index is -0.132. The molecular weight excluding hydrogens is 288 g/mol. The van der Waals surface area contributed by atoms with Crippen LogP contribution < -0.4 is 4.74 Å². The SMILES string of the molecule is CCOc1ccc(Cl)c(C(=O)N(C)CC2CCCCC2)n1. The van der Waals surface area contributed by atoms with Gasteiger partial charge in [-0.25, -0.2) is 4.98 Å². The fourth-order valence-electron chi connectivity index (χ4n) is 2.82. The standard InChI is InChI=1S/C16H23ClN2O2/c1-3-21-14-10-9-13(17)15(18-14)16(20)19(2)11-12-7-5-4-6-8-12/h9-10,12H,3-8,11H2,1-2H3. The Morgan fingerprint density at radius 3 is 2.76 bits per heavy atom. The van der Waals surface area contributed by atoms with E-state index in [9.17, 15) is 4.79 Å². The molecule has 1 aromatic heterocycles. The molecule has 1 amide bonds. The maximum atomic E-state index is 12.5. The first kappa shape index (κ1) is 16.1. The highest BCUT2D eigenvalue weighted by Crippen LogP contribution is 2.25. The summed E-state index contributed by atoms with van der Waals surface area (Å²) >= 11 is 6.11. The first-order chi connectivity index (χ1) is 10.1. The number of amides is 1. The van der Waals surface area contributed by atoms with Gasteiger partial charge in [0.1, 0.15) is 0 Å². The number of carbonyl (C=O) groups is 1. The van der Waals surface area contributed by atoms with Crippen molar-refractivity contribution in [2.75, 3.05) is 20.2 Å². The molecule has 0 radical (unpaired) electrons. The number of carbonyl (C=O) groups excluding carboxylic acids is 1. The average molecular weight is 311 g/mol. The van der Waals surface area contributed by atoms with Crippen LogP contribution in [0.5, 0.6) is 5.88 Å². The van der Waals surface area contributed by atoms with Gasteiger partial charge in [0.05, 0.1) is 11.6 Å². The van der Waals surface area contributed by atoms with Crippen molar-refractivity contribution in [3.05, 3.63) is 22.8 Å². The summed E-state index contributed by atoms with van der Waals surface area (Å²) in [5.41, 5.74) is 0.279. The van der Waals surface area contributed by atoms with E-state index in [0.29, 0.717) is 23.4 Å². The van der Waals surface area contributed by atoms with Gasteiger partial charge in [0.2, 0.25) is 5.88 Å². The number of nitrogens with zero attached hydrogens (tertiary/aromatic N) is 2. The molecule has 4 nitrogen and oxygen atoms in total. The minimum Gasteiger partial charge on any atom is -0.478 e. The quantitative estimate of drug-likeness (QED) is 0.831. The van der Waals surface area contributed by atoms with Crippen molar-refractivity contribution in [2.45, 2.75) is 39.0 Å². The number of rotatable bonds is 5. The van der Waals surface area contributed by atoms with Crippen molar-refractivity contribution >= 4 is 17.5 Å². The fourth-order valence-corrected chi connectivity index (χ4v) is 3.01. The maximum Gasteiger partial charge on any atom is 0.273 e. The summed E-state index contributed by atoms with van der Waals surface area (Å²) in [7, 11) is 1.82. The first-order valence-electron chi connectivity index (χ1n) is 7.66. The molecule has 0 atom stereocenters. The van der Waals surface area contributed by atoms with Gasteiger partial charge in [-0.2, -0.15) is 0 Å². The van der Waals surface area contributed by atoms with E-state index in [1.807, 2.05) is 14.0 Å². The third-order valence-electron chi connectivity index (χ3n) is 3.92. The van der Waals surface area contributed by atoms with Gasteiger partial charge in [0.15, 0.2) is 5.69 Å². The zero-order valence-electron chi connectivity index (χ0n) is 12.8. The summed E-state index contributed by atoms with van der Waals surface area (Å²) in [5.74, 6) is 0.907. The lowest BCUT2D eigenvalue weighted by atomic mass is 9.89. The van der Waals surface area contributed by atoms with Crippen LogP contribution in [0.25, 0.3) is 0 Å². The van der Waals surface area contributed by atoms with Crippen molar-refractivity contribution in [1.82, 2.24) is 9.88 Å². The topological polar surface area (TPSA) is 42.4 Å². The van der Waals surface area contributed by atoms with Crippen LogP contribution in [0.1, 0.15) is 49.5 Å². The van der Waals surface area contributed by atoms with Crippen LogP contribution in [0.4, 0.5) is 0 Å². The Balaban J connectivity index is 2.05. The fraction of sp³-hybridized carbons (Fsp3) is 0.625. The van der Waals surface area contributed by atoms with E-state index >= 15 is 0 Å². The molecule has 1 aliphatic carbocycles. The number of aromatic nitrogens is 1. The van der Waals surface area contributed by atoms with Crippen molar-refractivity contribution in [3.63, 3.8) is 0 Å². The Bertz CT molecular complexity index is 487. The largest absolute Gasteiger partial charge is 0.478 e. The van der Waals surface area contributed by atoms with Crippen LogP contribution in [0.2, 0.25) is 5.02 Å². The minimum absolute atomic E-state index is 0.132. The molecule has 5 heteroatoms. The van der Waals surface area contributed by atoms with Gasteiger partial charge in [0.25, 0.3) is 5.91 Å². The summed E-state index contributed by atoms with van der Waals surface area (Å²) in [4.78, 5) is 18.5. The molecule has 0 aliphatic heterocycles. The highest BCUT2D eigenvalue weighted by Gasteiger charge is 2.22. The van der Waals surface area contributed by atoms with Gasteiger partial charge in [-0.15, -0.1) is 0 Å². The monoisotopic (exact) mass is 310 g/mol. The van der Waals surface area contributed by atoms with Crippen LogP contribution in [-0.4, -0.2) is 36.0 Å². The molecule has 1 heterocycles. The lowest BCUT2D eigenvalue weighted by molar-refractivity contribution is 0.0754. The molecule has 0 unspecified atom stereocenters. The van der Waals surface area contributed by atoms with E-state index in [1.54, 1.807) is 17.0 Å². The molecule has 0 bridgehead atoms. The Kier molecular flexibility index (Phi) is 5.85. The molecule has 116 valence electrons. The van der Waals surface area contributed by atoms with Crippen molar-refractivity contribution < 1.29 is 9.53 Å². The second kappa shape index (κ2) is 7.64. The molecule has 2 rings (SSSR count). The van der Waals surface area contributed by atoms with Crippen molar-refractivity contribution in [2.24, 2.45) is 5.92 Å². The first-order valence-corrected chi connectivity index (χ1v) is 8.04. The third kappa shape index (κ3) is 4.34. The predicted molar refractivity (Wildman–Crippen MR) is 84.0 cm³/mol. The Morgan fingerprint density at radius 1 is 1.38 bits per heavy atom. The molecule has 21 heavy (non-hydrogen) atoms. The summed E-state index contributed by atoms with van der Waals surface area (Å²) < 4.78 is 5.34. The zero-order valence-corrected chi connectivity index (χ0v) is 13.5. The average Bonchev–Trinajstić information content (AvgIpc) is 2.50. The number of hydrogen-bond donors (Lipinski definition) is 0. The van der Waals surface area contributed by atoms with E-state index in [-0.39, 0.29) is 11.6 Å². The van der Waals surface area contributed by atoms with Gasteiger partial charge in [-0.05, 0) is 31.7 Å². The second-order valence-electron chi connectivity index (χ2n) is 5.60. The van der Waals surface area contributed by atoms with E-state index in [2.05, 4.69) is 4.98 Å². The molecule has 1 aliphatic rings. The highest BCUT2D eigenvalue weighted by molar-refractivity contribution is 6.33. The normalized spacial score (nSPS) is 15.8. The summed E-state index contributed by atoms with van der Waals surface area (Å²) in [6.07, 6.45) is 6.27. The van der Waals surface area contributed by atoms with Gasteiger partial charge in [-0.3, -0.25) is 4.79 Å².